The predicted molar refractivity (Wildman–Crippen MR) is 75.7 cm³/mol. The zero-order chi connectivity index (χ0) is 13.7. The van der Waals surface area contributed by atoms with Crippen LogP contribution in [0.4, 0.5) is 0 Å². The van der Waals surface area contributed by atoms with Gasteiger partial charge < -0.3 is 16.2 Å². The normalized spacial score (nSPS) is 13.8. The molecule has 4 N–H and O–H groups in total. The molecule has 4 nitrogen and oxygen atoms in total. The molecule has 1 aromatic heterocycles. The molecule has 1 amide bonds. The van der Waals surface area contributed by atoms with Crippen LogP contribution < -0.4 is 11.1 Å². The van der Waals surface area contributed by atoms with Gasteiger partial charge in [-0.05, 0) is 17.0 Å². The van der Waals surface area contributed by atoms with Crippen molar-refractivity contribution in [3.63, 3.8) is 0 Å². The van der Waals surface area contributed by atoms with Gasteiger partial charge in [0.1, 0.15) is 6.04 Å². The highest BCUT2D eigenvalue weighted by Crippen LogP contribution is 2.18. The minimum atomic E-state index is -0.697. The first-order valence-corrected chi connectivity index (χ1v) is 6.85. The van der Waals surface area contributed by atoms with Crippen molar-refractivity contribution in [1.82, 2.24) is 5.32 Å². The van der Waals surface area contributed by atoms with E-state index in [2.05, 4.69) is 5.32 Å². The van der Waals surface area contributed by atoms with E-state index < -0.39 is 12.1 Å². The fourth-order valence-corrected chi connectivity index (χ4v) is 2.50. The quantitative estimate of drug-likeness (QED) is 0.776. The Balaban J connectivity index is 2.05. The highest BCUT2D eigenvalue weighted by Gasteiger charge is 2.20. The van der Waals surface area contributed by atoms with E-state index in [4.69, 9.17) is 5.73 Å². The van der Waals surface area contributed by atoms with Gasteiger partial charge in [-0.3, -0.25) is 4.79 Å². The molecular weight excluding hydrogens is 260 g/mol. The third-order valence-electron chi connectivity index (χ3n) is 2.83. The van der Waals surface area contributed by atoms with Crippen molar-refractivity contribution in [2.24, 2.45) is 5.73 Å². The first kappa shape index (κ1) is 13.7. The van der Waals surface area contributed by atoms with Gasteiger partial charge in [0.05, 0.1) is 12.6 Å². The third-order valence-corrected chi connectivity index (χ3v) is 3.79. The summed E-state index contributed by atoms with van der Waals surface area (Å²) in [5, 5.41) is 14.0. The second-order valence-electron chi connectivity index (χ2n) is 4.15. The van der Waals surface area contributed by atoms with E-state index in [9.17, 15) is 9.90 Å². The molecule has 19 heavy (non-hydrogen) atoms. The number of hydrogen-bond donors (Lipinski definition) is 3. The molecule has 0 radical (unpaired) electrons. The van der Waals surface area contributed by atoms with Crippen LogP contribution in [0.2, 0.25) is 0 Å². The van der Waals surface area contributed by atoms with Crippen LogP contribution in [0.3, 0.4) is 0 Å². The van der Waals surface area contributed by atoms with E-state index in [0.29, 0.717) is 0 Å². The van der Waals surface area contributed by atoms with Gasteiger partial charge in [-0.2, -0.15) is 0 Å². The topological polar surface area (TPSA) is 75.4 Å². The van der Waals surface area contributed by atoms with Gasteiger partial charge in [0.15, 0.2) is 0 Å². The molecular formula is C14H16N2O2S. The highest BCUT2D eigenvalue weighted by molar-refractivity contribution is 7.10. The SMILES string of the molecule is NC(C(=O)N[C@@H](CO)c1ccccc1)c1cccs1. The zero-order valence-corrected chi connectivity index (χ0v) is 11.1. The molecule has 0 fully saturated rings. The number of benzene rings is 1. The van der Waals surface area contributed by atoms with Crippen LogP contribution in [0.1, 0.15) is 22.5 Å². The molecule has 0 aliphatic rings. The Labute approximate surface area is 115 Å². The summed E-state index contributed by atoms with van der Waals surface area (Å²) in [5.74, 6) is -0.287. The van der Waals surface area contributed by atoms with Crippen molar-refractivity contribution in [2.45, 2.75) is 12.1 Å². The molecule has 0 bridgehead atoms. The molecule has 100 valence electrons. The molecule has 1 heterocycles. The lowest BCUT2D eigenvalue weighted by molar-refractivity contribution is -0.123. The summed E-state index contributed by atoms with van der Waals surface area (Å²) in [6.07, 6.45) is 0. The monoisotopic (exact) mass is 276 g/mol. The van der Waals surface area contributed by atoms with E-state index in [1.807, 2.05) is 47.8 Å². The summed E-state index contributed by atoms with van der Waals surface area (Å²) in [6, 6.07) is 11.9. The fraction of sp³-hybridized carbons (Fsp3) is 0.214. The maximum atomic E-state index is 12.0. The number of rotatable bonds is 5. The first-order chi connectivity index (χ1) is 9.22. The molecule has 0 spiro atoms. The minimum absolute atomic E-state index is 0.160. The van der Waals surface area contributed by atoms with Crippen molar-refractivity contribution in [2.75, 3.05) is 6.61 Å². The number of carbonyl (C=O) groups is 1. The average Bonchev–Trinajstić information content (AvgIpc) is 2.98. The number of nitrogens with two attached hydrogens (primary N) is 1. The number of nitrogens with one attached hydrogen (secondary N) is 1. The predicted octanol–water partition coefficient (Wildman–Crippen LogP) is 1.60. The number of hydrogen-bond acceptors (Lipinski definition) is 4. The summed E-state index contributed by atoms with van der Waals surface area (Å²) < 4.78 is 0. The van der Waals surface area contributed by atoms with Gasteiger partial charge in [0.25, 0.3) is 0 Å². The van der Waals surface area contributed by atoms with Crippen molar-refractivity contribution in [1.29, 1.82) is 0 Å². The summed E-state index contributed by atoms with van der Waals surface area (Å²) in [6.45, 7) is -0.160. The van der Waals surface area contributed by atoms with Gasteiger partial charge in [0.2, 0.25) is 5.91 Å². The van der Waals surface area contributed by atoms with Crippen LogP contribution in [-0.4, -0.2) is 17.6 Å². The summed E-state index contributed by atoms with van der Waals surface area (Å²) in [5.41, 5.74) is 6.74. The van der Waals surface area contributed by atoms with Crippen molar-refractivity contribution in [3.8, 4) is 0 Å². The summed E-state index contributed by atoms with van der Waals surface area (Å²) in [7, 11) is 0. The van der Waals surface area contributed by atoms with Gasteiger partial charge >= 0.3 is 0 Å². The summed E-state index contributed by atoms with van der Waals surface area (Å²) >= 11 is 1.44. The Morgan fingerprint density at radius 2 is 2.00 bits per heavy atom. The van der Waals surface area contributed by atoms with E-state index in [1.54, 1.807) is 0 Å². The smallest absolute Gasteiger partial charge is 0.242 e. The average molecular weight is 276 g/mol. The maximum absolute atomic E-state index is 12.0. The number of thiophene rings is 1. The van der Waals surface area contributed by atoms with Crippen LogP contribution in [0.25, 0.3) is 0 Å². The van der Waals surface area contributed by atoms with Gasteiger partial charge in [-0.1, -0.05) is 36.4 Å². The number of amides is 1. The van der Waals surface area contributed by atoms with Crippen LogP contribution >= 0.6 is 11.3 Å². The molecule has 2 atom stereocenters. The lowest BCUT2D eigenvalue weighted by Gasteiger charge is -2.19. The van der Waals surface area contributed by atoms with E-state index >= 15 is 0 Å². The largest absolute Gasteiger partial charge is 0.394 e. The molecule has 0 saturated carbocycles. The molecule has 0 aliphatic carbocycles. The second kappa shape index (κ2) is 6.47. The molecule has 2 aromatic rings. The standard InChI is InChI=1S/C14H16N2O2S/c15-13(12-7-4-8-19-12)14(18)16-11(9-17)10-5-2-1-3-6-10/h1-8,11,13,17H,9,15H2,(H,16,18)/t11-,13?/m0/s1. The van der Waals surface area contributed by atoms with E-state index in [-0.39, 0.29) is 12.5 Å². The molecule has 5 heteroatoms. The minimum Gasteiger partial charge on any atom is -0.394 e. The zero-order valence-electron chi connectivity index (χ0n) is 10.3. The Morgan fingerprint density at radius 3 is 2.58 bits per heavy atom. The van der Waals surface area contributed by atoms with Crippen molar-refractivity contribution in [3.05, 3.63) is 58.3 Å². The molecule has 0 saturated heterocycles. The molecule has 1 unspecified atom stereocenters. The Hall–Kier alpha value is -1.69. The third kappa shape index (κ3) is 3.41. The van der Waals surface area contributed by atoms with E-state index in [1.165, 1.54) is 11.3 Å². The summed E-state index contributed by atoms with van der Waals surface area (Å²) in [4.78, 5) is 12.9. The lowest BCUT2D eigenvalue weighted by Crippen LogP contribution is -2.37. The number of carbonyl (C=O) groups excluding carboxylic acids is 1. The molecule has 0 aliphatic heterocycles. The Kier molecular flexibility index (Phi) is 4.68. The van der Waals surface area contributed by atoms with Crippen molar-refractivity contribution >= 4 is 17.2 Å². The Bertz CT molecular complexity index is 514. The van der Waals surface area contributed by atoms with E-state index in [0.717, 1.165) is 10.4 Å². The lowest BCUT2D eigenvalue weighted by atomic mass is 10.1. The maximum Gasteiger partial charge on any atom is 0.242 e. The molecule has 1 aromatic carbocycles. The van der Waals surface area contributed by atoms with Gasteiger partial charge in [-0.25, -0.2) is 0 Å². The Morgan fingerprint density at radius 1 is 1.26 bits per heavy atom. The van der Waals surface area contributed by atoms with Crippen LogP contribution in [0, 0.1) is 0 Å². The van der Waals surface area contributed by atoms with Crippen LogP contribution in [0.15, 0.2) is 47.8 Å². The number of aliphatic hydroxyl groups excluding tert-OH is 1. The van der Waals surface area contributed by atoms with Gasteiger partial charge in [-0.15, -0.1) is 11.3 Å². The second-order valence-corrected chi connectivity index (χ2v) is 5.13. The van der Waals surface area contributed by atoms with Crippen LogP contribution in [-0.2, 0) is 4.79 Å². The van der Waals surface area contributed by atoms with Gasteiger partial charge in [0, 0.05) is 4.88 Å². The van der Waals surface area contributed by atoms with Crippen LogP contribution in [0.5, 0.6) is 0 Å². The van der Waals surface area contributed by atoms with Crippen molar-refractivity contribution < 1.29 is 9.90 Å². The number of aliphatic hydroxyl groups is 1. The fourth-order valence-electron chi connectivity index (χ4n) is 1.78. The highest BCUT2D eigenvalue weighted by atomic mass is 32.1. The molecule has 2 rings (SSSR count). The first-order valence-electron chi connectivity index (χ1n) is 5.97.